The molecular formula is C13H16N2. The Kier molecular flexibility index (Phi) is 2.20. The van der Waals surface area contributed by atoms with Gasteiger partial charge in [0, 0.05) is 13.0 Å². The topological polar surface area (TPSA) is 24.4 Å². The van der Waals surface area contributed by atoms with Crippen LogP contribution in [-0.4, -0.2) is 18.9 Å². The van der Waals surface area contributed by atoms with Crippen LogP contribution in [0.15, 0.2) is 29.3 Å². The number of amidine groups is 1. The Morgan fingerprint density at radius 3 is 2.87 bits per heavy atom. The van der Waals surface area contributed by atoms with E-state index < -0.39 is 0 Å². The fourth-order valence-corrected chi connectivity index (χ4v) is 2.23. The van der Waals surface area contributed by atoms with Crippen molar-refractivity contribution in [2.45, 2.75) is 25.2 Å². The highest BCUT2D eigenvalue weighted by molar-refractivity contribution is 5.86. The van der Waals surface area contributed by atoms with Gasteiger partial charge in [0.05, 0.1) is 6.54 Å². The summed E-state index contributed by atoms with van der Waals surface area (Å²) in [4.78, 5) is 4.46. The first-order chi connectivity index (χ1) is 7.43. The molecular weight excluding hydrogens is 184 g/mol. The zero-order chi connectivity index (χ0) is 10.1. The summed E-state index contributed by atoms with van der Waals surface area (Å²) in [7, 11) is 0. The molecule has 0 saturated heterocycles. The Hall–Kier alpha value is -1.31. The van der Waals surface area contributed by atoms with E-state index in [1.165, 1.54) is 24.2 Å². The van der Waals surface area contributed by atoms with Gasteiger partial charge in [-0.1, -0.05) is 24.3 Å². The third-order valence-electron chi connectivity index (χ3n) is 3.17. The van der Waals surface area contributed by atoms with Crippen LogP contribution in [0.3, 0.4) is 0 Å². The van der Waals surface area contributed by atoms with Crippen molar-refractivity contribution in [2.24, 2.45) is 4.99 Å². The lowest BCUT2D eigenvalue weighted by Gasteiger charge is -2.08. The van der Waals surface area contributed by atoms with E-state index in [2.05, 4.69) is 34.6 Å². The van der Waals surface area contributed by atoms with E-state index in [9.17, 15) is 0 Å². The minimum absolute atomic E-state index is 0.836. The maximum atomic E-state index is 4.46. The van der Waals surface area contributed by atoms with Crippen LogP contribution in [0.25, 0.3) is 0 Å². The third-order valence-corrected chi connectivity index (χ3v) is 3.17. The summed E-state index contributed by atoms with van der Waals surface area (Å²) < 4.78 is 0. The van der Waals surface area contributed by atoms with Crippen LogP contribution in [0.5, 0.6) is 0 Å². The van der Waals surface area contributed by atoms with Crippen LogP contribution in [0.4, 0.5) is 0 Å². The standard InChI is InChI=1S/C13H16N2/c1-2-4-12(10-5-6-10)11(3-1)9-13-14-7-8-15-13/h1-4,10H,5-9H2,(H,14,15). The van der Waals surface area contributed by atoms with Gasteiger partial charge in [-0.2, -0.15) is 0 Å². The minimum Gasteiger partial charge on any atom is -0.372 e. The molecule has 3 rings (SSSR count). The van der Waals surface area contributed by atoms with Crippen molar-refractivity contribution >= 4 is 5.84 Å². The largest absolute Gasteiger partial charge is 0.372 e. The van der Waals surface area contributed by atoms with Gasteiger partial charge in [-0.15, -0.1) is 0 Å². The Bertz CT molecular complexity index is 391. The van der Waals surface area contributed by atoms with Gasteiger partial charge in [0.15, 0.2) is 0 Å². The molecule has 15 heavy (non-hydrogen) atoms. The molecule has 1 aromatic carbocycles. The van der Waals surface area contributed by atoms with Crippen molar-refractivity contribution in [3.05, 3.63) is 35.4 Å². The van der Waals surface area contributed by atoms with Crippen LogP contribution in [0.1, 0.15) is 29.9 Å². The summed E-state index contributed by atoms with van der Waals surface area (Å²) in [5, 5.41) is 3.34. The van der Waals surface area contributed by atoms with Crippen LogP contribution in [-0.2, 0) is 6.42 Å². The molecule has 1 aliphatic heterocycles. The van der Waals surface area contributed by atoms with Gasteiger partial charge in [-0.3, -0.25) is 4.99 Å². The molecule has 1 aromatic rings. The summed E-state index contributed by atoms with van der Waals surface area (Å²) in [6.45, 7) is 1.96. The SMILES string of the molecule is c1ccc(C2CC2)c(CC2=NCCN2)c1. The lowest BCUT2D eigenvalue weighted by molar-refractivity contribution is 0.951. The van der Waals surface area contributed by atoms with Crippen molar-refractivity contribution in [3.8, 4) is 0 Å². The van der Waals surface area contributed by atoms with Gasteiger partial charge in [0.25, 0.3) is 0 Å². The monoisotopic (exact) mass is 200 g/mol. The molecule has 0 radical (unpaired) electrons. The van der Waals surface area contributed by atoms with Crippen LogP contribution in [0, 0.1) is 0 Å². The number of rotatable bonds is 3. The Morgan fingerprint density at radius 1 is 1.27 bits per heavy atom. The van der Waals surface area contributed by atoms with Gasteiger partial charge in [0.2, 0.25) is 0 Å². The average Bonchev–Trinajstić information content (AvgIpc) is 2.99. The molecule has 1 heterocycles. The lowest BCUT2D eigenvalue weighted by atomic mass is 10.0. The molecule has 78 valence electrons. The number of aliphatic imine (C=N–C) groups is 1. The summed E-state index contributed by atoms with van der Waals surface area (Å²) >= 11 is 0. The van der Waals surface area contributed by atoms with Gasteiger partial charge < -0.3 is 5.32 Å². The highest BCUT2D eigenvalue weighted by atomic mass is 15.1. The molecule has 2 aliphatic rings. The van der Waals surface area contributed by atoms with E-state index in [1.54, 1.807) is 5.56 Å². The molecule has 2 nitrogen and oxygen atoms in total. The van der Waals surface area contributed by atoms with Gasteiger partial charge in [-0.05, 0) is 29.9 Å². The fourth-order valence-electron chi connectivity index (χ4n) is 2.23. The molecule has 1 aliphatic carbocycles. The first kappa shape index (κ1) is 8.96. The first-order valence-corrected chi connectivity index (χ1v) is 5.78. The summed E-state index contributed by atoms with van der Waals surface area (Å²) in [6, 6.07) is 8.82. The van der Waals surface area contributed by atoms with Crippen molar-refractivity contribution in [2.75, 3.05) is 13.1 Å². The van der Waals surface area contributed by atoms with Crippen LogP contribution in [0.2, 0.25) is 0 Å². The van der Waals surface area contributed by atoms with Crippen molar-refractivity contribution in [1.82, 2.24) is 5.32 Å². The van der Waals surface area contributed by atoms with Crippen molar-refractivity contribution in [1.29, 1.82) is 0 Å². The number of benzene rings is 1. The number of hydrogen-bond acceptors (Lipinski definition) is 2. The molecule has 0 spiro atoms. The van der Waals surface area contributed by atoms with Gasteiger partial charge >= 0.3 is 0 Å². The number of hydrogen-bond donors (Lipinski definition) is 1. The second kappa shape index (κ2) is 3.69. The zero-order valence-electron chi connectivity index (χ0n) is 8.87. The van der Waals surface area contributed by atoms with Crippen LogP contribution < -0.4 is 5.32 Å². The van der Waals surface area contributed by atoms with E-state index >= 15 is 0 Å². The van der Waals surface area contributed by atoms with E-state index in [0.29, 0.717) is 0 Å². The fraction of sp³-hybridized carbons (Fsp3) is 0.462. The van der Waals surface area contributed by atoms with E-state index in [1.807, 2.05) is 0 Å². The molecule has 2 heteroatoms. The molecule has 0 aromatic heterocycles. The maximum absolute atomic E-state index is 4.46. The minimum atomic E-state index is 0.836. The summed E-state index contributed by atoms with van der Waals surface area (Å²) in [6.07, 6.45) is 3.74. The predicted octanol–water partition coefficient (Wildman–Crippen LogP) is 2.11. The molecule has 0 amide bonds. The van der Waals surface area contributed by atoms with E-state index in [4.69, 9.17) is 0 Å². The highest BCUT2D eigenvalue weighted by Gasteiger charge is 2.25. The molecule has 0 unspecified atom stereocenters. The first-order valence-electron chi connectivity index (χ1n) is 5.78. The second-order valence-electron chi connectivity index (χ2n) is 4.41. The van der Waals surface area contributed by atoms with Crippen LogP contribution >= 0.6 is 0 Å². The van der Waals surface area contributed by atoms with Gasteiger partial charge in [0.1, 0.15) is 5.84 Å². The Morgan fingerprint density at radius 2 is 2.13 bits per heavy atom. The summed E-state index contributed by atoms with van der Waals surface area (Å²) in [5.74, 6) is 2.01. The van der Waals surface area contributed by atoms with Crippen molar-refractivity contribution in [3.63, 3.8) is 0 Å². The zero-order valence-corrected chi connectivity index (χ0v) is 8.87. The Labute approximate surface area is 90.4 Å². The number of nitrogens with one attached hydrogen (secondary N) is 1. The van der Waals surface area contributed by atoms with E-state index in [-0.39, 0.29) is 0 Å². The average molecular weight is 200 g/mol. The molecule has 1 fully saturated rings. The normalized spacial score (nSPS) is 19.9. The second-order valence-corrected chi connectivity index (χ2v) is 4.41. The number of nitrogens with zero attached hydrogens (tertiary/aromatic N) is 1. The van der Waals surface area contributed by atoms with E-state index in [0.717, 1.165) is 25.4 Å². The Balaban J connectivity index is 1.83. The third kappa shape index (κ3) is 1.89. The quantitative estimate of drug-likeness (QED) is 0.794. The van der Waals surface area contributed by atoms with Crippen molar-refractivity contribution < 1.29 is 0 Å². The highest BCUT2D eigenvalue weighted by Crippen LogP contribution is 2.41. The predicted molar refractivity (Wildman–Crippen MR) is 62.4 cm³/mol. The molecule has 0 atom stereocenters. The molecule has 0 bridgehead atoms. The summed E-state index contributed by atoms with van der Waals surface area (Å²) in [5.41, 5.74) is 3.02. The molecule has 1 saturated carbocycles. The smallest absolute Gasteiger partial charge is 0.101 e. The lowest BCUT2D eigenvalue weighted by Crippen LogP contribution is -2.21. The maximum Gasteiger partial charge on any atom is 0.101 e. The molecule has 1 N–H and O–H groups in total. The van der Waals surface area contributed by atoms with Gasteiger partial charge in [-0.25, -0.2) is 0 Å².